The maximum absolute atomic E-state index is 6.18. The monoisotopic (exact) mass is 292 g/mol. The molecular weight excluding hydrogens is 276 g/mol. The highest BCUT2D eigenvalue weighted by molar-refractivity contribution is 6.33. The lowest BCUT2D eigenvalue weighted by Crippen LogP contribution is -2.06. The molecule has 0 unspecified atom stereocenters. The number of nitrogen functional groups attached to an aromatic ring is 1. The van der Waals surface area contributed by atoms with Crippen LogP contribution in [0.3, 0.4) is 0 Å². The molecule has 1 aromatic carbocycles. The smallest absolute Gasteiger partial charge is 0.242 e. The molecule has 3 N–H and O–H groups in total. The van der Waals surface area contributed by atoms with Gasteiger partial charge in [-0.2, -0.15) is 4.98 Å². The third-order valence-corrected chi connectivity index (χ3v) is 2.98. The summed E-state index contributed by atoms with van der Waals surface area (Å²) in [4.78, 5) is 8.14. The number of hydrogen-bond acceptors (Lipinski definition) is 5. The van der Waals surface area contributed by atoms with E-state index in [0.717, 1.165) is 17.7 Å². The van der Waals surface area contributed by atoms with Crippen molar-refractivity contribution in [1.29, 1.82) is 0 Å². The lowest BCUT2D eigenvalue weighted by molar-refractivity contribution is 0.307. The Balaban J connectivity index is 2.24. The van der Waals surface area contributed by atoms with Crippen molar-refractivity contribution in [2.75, 3.05) is 17.7 Å². The molecule has 106 valence electrons. The van der Waals surface area contributed by atoms with Crippen LogP contribution < -0.4 is 15.8 Å². The molecule has 0 bridgehead atoms. The summed E-state index contributed by atoms with van der Waals surface area (Å²) in [6.07, 6.45) is 2.29. The van der Waals surface area contributed by atoms with Crippen LogP contribution in [0.5, 0.6) is 5.88 Å². The first-order chi connectivity index (χ1) is 9.61. The lowest BCUT2D eigenvalue weighted by atomic mass is 10.2. The van der Waals surface area contributed by atoms with Gasteiger partial charge in [0.25, 0.3) is 0 Å². The first kappa shape index (κ1) is 14.4. The second-order valence-electron chi connectivity index (χ2n) is 4.40. The quantitative estimate of drug-likeness (QED) is 0.881. The van der Waals surface area contributed by atoms with Crippen molar-refractivity contribution in [3.8, 4) is 5.88 Å². The van der Waals surface area contributed by atoms with Gasteiger partial charge in [0.2, 0.25) is 5.88 Å². The second kappa shape index (κ2) is 6.43. The van der Waals surface area contributed by atoms with Crippen LogP contribution in [-0.4, -0.2) is 16.6 Å². The van der Waals surface area contributed by atoms with E-state index in [9.17, 15) is 0 Å². The van der Waals surface area contributed by atoms with E-state index < -0.39 is 0 Å². The SMILES string of the molecule is CCCOc1ncnc(Nc2ccc(C)cc2Cl)c1N. The number of aromatic nitrogens is 2. The molecule has 2 rings (SSSR count). The normalized spacial score (nSPS) is 10.3. The van der Waals surface area contributed by atoms with Gasteiger partial charge in [0, 0.05) is 0 Å². The summed E-state index contributed by atoms with van der Waals surface area (Å²) < 4.78 is 5.46. The Bertz CT molecular complexity index is 604. The third-order valence-electron chi connectivity index (χ3n) is 2.67. The van der Waals surface area contributed by atoms with Gasteiger partial charge >= 0.3 is 0 Å². The van der Waals surface area contributed by atoms with Gasteiger partial charge in [-0.25, -0.2) is 4.98 Å². The van der Waals surface area contributed by atoms with E-state index in [4.69, 9.17) is 22.1 Å². The van der Waals surface area contributed by atoms with Gasteiger partial charge in [-0.05, 0) is 31.0 Å². The molecule has 0 aliphatic carbocycles. The first-order valence-corrected chi connectivity index (χ1v) is 6.76. The van der Waals surface area contributed by atoms with Crippen LogP contribution in [0, 0.1) is 6.92 Å². The van der Waals surface area contributed by atoms with Gasteiger partial charge in [-0.1, -0.05) is 24.6 Å². The molecule has 0 saturated heterocycles. The number of anilines is 3. The van der Waals surface area contributed by atoms with Crippen LogP contribution in [0.2, 0.25) is 5.02 Å². The summed E-state index contributed by atoms with van der Waals surface area (Å²) in [5.74, 6) is 0.865. The molecule has 0 radical (unpaired) electrons. The van der Waals surface area contributed by atoms with Crippen molar-refractivity contribution in [1.82, 2.24) is 9.97 Å². The van der Waals surface area contributed by atoms with Gasteiger partial charge < -0.3 is 15.8 Å². The average molecular weight is 293 g/mol. The molecule has 2 aromatic rings. The van der Waals surface area contributed by atoms with Crippen molar-refractivity contribution in [2.24, 2.45) is 0 Å². The van der Waals surface area contributed by atoms with Crippen molar-refractivity contribution in [3.63, 3.8) is 0 Å². The molecule has 5 nitrogen and oxygen atoms in total. The van der Waals surface area contributed by atoms with Crippen LogP contribution in [0.15, 0.2) is 24.5 Å². The second-order valence-corrected chi connectivity index (χ2v) is 4.81. The standard InChI is InChI=1S/C14H17ClN4O/c1-3-6-20-14-12(16)13(17-8-18-14)19-11-5-4-9(2)7-10(11)15/h4-5,7-8H,3,6,16H2,1-2H3,(H,17,18,19). The Morgan fingerprint density at radius 1 is 1.35 bits per heavy atom. The minimum absolute atomic E-state index is 0.373. The van der Waals surface area contributed by atoms with E-state index in [1.54, 1.807) is 0 Å². The Morgan fingerprint density at radius 2 is 2.15 bits per heavy atom. The number of benzene rings is 1. The molecule has 0 fully saturated rings. The Morgan fingerprint density at radius 3 is 2.85 bits per heavy atom. The molecule has 0 aliphatic rings. The van der Waals surface area contributed by atoms with E-state index in [-0.39, 0.29) is 0 Å². The summed E-state index contributed by atoms with van der Waals surface area (Å²) in [6.45, 7) is 4.56. The zero-order valence-corrected chi connectivity index (χ0v) is 12.2. The van der Waals surface area contributed by atoms with Crippen molar-refractivity contribution in [3.05, 3.63) is 35.1 Å². The van der Waals surface area contributed by atoms with Crippen LogP contribution in [0.25, 0.3) is 0 Å². The fourth-order valence-electron chi connectivity index (χ4n) is 1.64. The molecule has 0 atom stereocenters. The van der Waals surface area contributed by atoms with Crippen molar-refractivity contribution < 1.29 is 4.74 Å². The van der Waals surface area contributed by atoms with E-state index in [0.29, 0.717) is 29.0 Å². The predicted octanol–water partition coefficient (Wildman–Crippen LogP) is 3.55. The number of halogens is 1. The number of nitrogens with zero attached hydrogens (tertiary/aromatic N) is 2. The van der Waals surface area contributed by atoms with Gasteiger partial charge in [0.15, 0.2) is 5.82 Å². The van der Waals surface area contributed by atoms with Crippen LogP contribution in [0.1, 0.15) is 18.9 Å². The fraction of sp³-hybridized carbons (Fsp3) is 0.286. The van der Waals surface area contributed by atoms with Gasteiger partial charge in [0.05, 0.1) is 17.3 Å². The van der Waals surface area contributed by atoms with Gasteiger partial charge in [-0.15, -0.1) is 0 Å². The summed E-state index contributed by atoms with van der Waals surface area (Å²) in [5.41, 5.74) is 8.20. The van der Waals surface area contributed by atoms with Crippen LogP contribution in [0.4, 0.5) is 17.2 Å². The largest absolute Gasteiger partial charge is 0.476 e. The van der Waals surface area contributed by atoms with E-state index in [1.807, 2.05) is 32.0 Å². The van der Waals surface area contributed by atoms with E-state index in [2.05, 4.69) is 15.3 Å². The molecule has 0 spiro atoms. The molecule has 0 saturated carbocycles. The topological polar surface area (TPSA) is 73.1 Å². The Labute approximate surface area is 123 Å². The summed E-state index contributed by atoms with van der Waals surface area (Å²) in [6, 6.07) is 5.71. The summed E-state index contributed by atoms with van der Waals surface area (Å²) in [7, 11) is 0. The lowest BCUT2D eigenvalue weighted by Gasteiger charge is -2.12. The van der Waals surface area contributed by atoms with E-state index in [1.165, 1.54) is 6.33 Å². The minimum atomic E-state index is 0.373. The average Bonchev–Trinajstić information content (AvgIpc) is 2.42. The summed E-state index contributed by atoms with van der Waals surface area (Å²) in [5, 5.41) is 3.71. The predicted molar refractivity (Wildman–Crippen MR) is 81.7 cm³/mol. The van der Waals surface area contributed by atoms with Crippen LogP contribution in [-0.2, 0) is 0 Å². The third kappa shape index (κ3) is 3.30. The van der Waals surface area contributed by atoms with Crippen molar-refractivity contribution in [2.45, 2.75) is 20.3 Å². The highest BCUT2D eigenvalue weighted by Crippen LogP contribution is 2.31. The molecule has 1 heterocycles. The number of rotatable bonds is 5. The molecule has 0 aliphatic heterocycles. The molecule has 20 heavy (non-hydrogen) atoms. The fourth-order valence-corrected chi connectivity index (χ4v) is 1.92. The molecule has 6 heteroatoms. The molecular formula is C14H17ClN4O. The first-order valence-electron chi connectivity index (χ1n) is 6.38. The maximum Gasteiger partial charge on any atom is 0.242 e. The van der Waals surface area contributed by atoms with E-state index >= 15 is 0 Å². The van der Waals surface area contributed by atoms with Crippen molar-refractivity contribution >= 4 is 28.8 Å². The number of nitrogens with one attached hydrogen (secondary N) is 1. The van der Waals surface area contributed by atoms with Gasteiger partial charge in [0.1, 0.15) is 12.0 Å². The zero-order chi connectivity index (χ0) is 14.5. The maximum atomic E-state index is 6.18. The number of nitrogens with two attached hydrogens (primary N) is 1. The highest BCUT2D eigenvalue weighted by atomic mass is 35.5. The Kier molecular flexibility index (Phi) is 4.63. The zero-order valence-electron chi connectivity index (χ0n) is 11.5. The number of ether oxygens (including phenoxy) is 1. The highest BCUT2D eigenvalue weighted by Gasteiger charge is 2.10. The number of aryl methyl sites for hydroxylation is 1. The van der Waals surface area contributed by atoms with Crippen LogP contribution >= 0.6 is 11.6 Å². The molecule has 1 aromatic heterocycles. The molecule has 0 amide bonds. The summed E-state index contributed by atoms with van der Waals surface area (Å²) >= 11 is 6.18. The number of hydrogen-bond donors (Lipinski definition) is 2. The van der Waals surface area contributed by atoms with Gasteiger partial charge in [-0.3, -0.25) is 0 Å². The Hall–Kier alpha value is -2.01. The minimum Gasteiger partial charge on any atom is -0.476 e.